The first kappa shape index (κ1) is 16.1. The first-order valence-corrected chi connectivity index (χ1v) is 9.10. The minimum atomic E-state index is 0.413. The predicted molar refractivity (Wildman–Crippen MR) is 95.0 cm³/mol. The number of aryl methyl sites for hydroxylation is 2. The van der Waals surface area contributed by atoms with Crippen LogP contribution in [0.3, 0.4) is 0 Å². The molecule has 0 atom stereocenters. The van der Waals surface area contributed by atoms with Gasteiger partial charge < -0.3 is 10.6 Å². The Labute approximate surface area is 141 Å². The fourth-order valence-corrected chi connectivity index (χ4v) is 3.72. The summed E-state index contributed by atoms with van der Waals surface area (Å²) in [5.74, 6) is 2.51. The average molecular weight is 332 g/mol. The molecule has 0 spiro atoms. The Balaban J connectivity index is 1.66. The van der Waals surface area contributed by atoms with Crippen LogP contribution in [0.1, 0.15) is 37.2 Å². The van der Waals surface area contributed by atoms with Gasteiger partial charge in [0.05, 0.1) is 11.7 Å². The molecule has 6 nitrogen and oxygen atoms in total. The molecule has 2 aromatic rings. The standard InChI is InChI=1S/C16H24N6S/c1-4-5-6-23-16-18-14(17)8-15(19-16)21-9-13(10-21)22-12(3)7-11(2)20-22/h7-8,13H,4-6,9-10H2,1-3H3,(H2,17,18,19). The number of hydrogen-bond acceptors (Lipinski definition) is 6. The molecule has 0 aliphatic carbocycles. The molecule has 0 bridgehead atoms. The largest absolute Gasteiger partial charge is 0.383 e. The lowest BCUT2D eigenvalue weighted by Gasteiger charge is -2.40. The highest BCUT2D eigenvalue weighted by atomic mass is 32.2. The van der Waals surface area contributed by atoms with Gasteiger partial charge in [-0.15, -0.1) is 0 Å². The van der Waals surface area contributed by atoms with Crippen molar-refractivity contribution in [1.82, 2.24) is 19.7 Å². The topological polar surface area (TPSA) is 72.9 Å². The Morgan fingerprint density at radius 2 is 2.04 bits per heavy atom. The van der Waals surface area contributed by atoms with Crippen molar-refractivity contribution in [3.63, 3.8) is 0 Å². The minimum Gasteiger partial charge on any atom is -0.383 e. The maximum atomic E-state index is 5.94. The van der Waals surface area contributed by atoms with Gasteiger partial charge in [0.1, 0.15) is 11.6 Å². The predicted octanol–water partition coefficient (Wildman–Crippen LogP) is 2.83. The molecule has 1 aliphatic heterocycles. The van der Waals surface area contributed by atoms with Gasteiger partial charge in [-0.3, -0.25) is 4.68 Å². The fourth-order valence-electron chi connectivity index (χ4n) is 2.78. The molecule has 124 valence electrons. The fraction of sp³-hybridized carbons (Fsp3) is 0.562. The summed E-state index contributed by atoms with van der Waals surface area (Å²) < 4.78 is 2.12. The van der Waals surface area contributed by atoms with E-state index in [4.69, 9.17) is 5.73 Å². The van der Waals surface area contributed by atoms with E-state index >= 15 is 0 Å². The highest BCUT2D eigenvalue weighted by Crippen LogP contribution is 2.29. The van der Waals surface area contributed by atoms with Crippen molar-refractivity contribution in [2.24, 2.45) is 0 Å². The monoisotopic (exact) mass is 332 g/mol. The van der Waals surface area contributed by atoms with Crippen LogP contribution in [-0.4, -0.2) is 38.6 Å². The van der Waals surface area contributed by atoms with Crippen molar-refractivity contribution < 1.29 is 0 Å². The summed E-state index contributed by atoms with van der Waals surface area (Å²) in [7, 11) is 0. The SMILES string of the molecule is CCCCSc1nc(N)cc(N2CC(n3nc(C)cc3C)C2)n1. The summed E-state index contributed by atoms with van der Waals surface area (Å²) in [5.41, 5.74) is 8.23. The second kappa shape index (κ2) is 6.78. The first-order valence-electron chi connectivity index (χ1n) is 8.12. The Morgan fingerprint density at radius 1 is 1.26 bits per heavy atom. The highest BCUT2D eigenvalue weighted by Gasteiger charge is 2.31. The van der Waals surface area contributed by atoms with E-state index in [-0.39, 0.29) is 0 Å². The van der Waals surface area contributed by atoms with Crippen LogP contribution in [0.15, 0.2) is 17.3 Å². The Bertz CT molecular complexity index is 677. The molecular formula is C16H24N6S. The number of nitrogens with two attached hydrogens (primary N) is 1. The van der Waals surface area contributed by atoms with Crippen LogP contribution in [0.4, 0.5) is 11.6 Å². The van der Waals surface area contributed by atoms with Crippen LogP contribution in [0.5, 0.6) is 0 Å². The van der Waals surface area contributed by atoms with E-state index in [0.717, 1.165) is 35.5 Å². The van der Waals surface area contributed by atoms with Gasteiger partial charge in [0.25, 0.3) is 0 Å². The summed E-state index contributed by atoms with van der Waals surface area (Å²) in [6.07, 6.45) is 2.35. The van der Waals surface area contributed by atoms with Crippen LogP contribution >= 0.6 is 11.8 Å². The molecule has 0 unspecified atom stereocenters. The quantitative estimate of drug-likeness (QED) is 0.498. The molecular weight excluding hydrogens is 308 g/mol. The van der Waals surface area contributed by atoms with Gasteiger partial charge in [0.15, 0.2) is 5.16 Å². The van der Waals surface area contributed by atoms with Crippen molar-refractivity contribution in [2.45, 2.75) is 44.8 Å². The van der Waals surface area contributed by atoms with Crippen LogP contribution in [-0.2, 0) is 0 Å². The lowest BCUT2D eigenvalue weighted by atomic mass is 10.1. The maximum Gasteiger partial charge on any atom is 0.191 e. The number of nitrogen functional groups attached to an aromatic ring is 1. The normalized spacial score (nSPS) is 15.0. The van der Waals surface area contributed by atoms with Crippen molar-refractivity contribution in [2.75, 3.05) is 29.5 Å². The zero-order valence-electron chi connectivity index (χ0n) is 14.0. The second-order valence-electron chi connectivity index (χ2n) is 6.07. The summed E-state index contributed by atoms with van der Waals surface area (Å²) in [6.45, 7) is 8.15. The van der Waals surface area contributed by atoms with Crippen molar-refractivity contribution >= 4 is 23.4 Å². The molecule has 2 aromatic heterocycles. The van der Waals surface area contributed by atoms with E-state index in [1.807, 2.05) is 13.0 Å². The molecule has 0 radical (unpaired) electrons. The number of thioether (sulfide) groups is 1. The molecule has 0 saturated carbocycles. The minimum absolute atomic E-state index is 0.413. The van der Waals surface area contributed by atoms with Gasteiger partial charge in [0.2, 0.25) is 0 Å². The Kier molecular flexibility index (Phi) is 4.75. The maximum absolute atomic E-state index is 5.94. The highest BCUT2D eigenvalue weighted by molar-refractivity contribution is 7.99. The van der Waals surface area contributed by atoms with Crippen LogP contribution in [0.2, 0.25) is 0 Å². The molecule has 0 aromatic carbocycles. The first-order chi connectivity index (χ1) is 11.1. The zero-order valence-corrected chi connectivity index (χ0v) is 14.8. The van der Waals surface area contributed by atoms with E-state index in [1.165, 1.54) is 18.5 Å². The Morgan fingerprint density at radius 3 is 2.70 bits per heavy atom. The number of unbranched alkanes of at least 4 members (excludes halogenated alkanes) is 1. The zero-order chi connectivity index (χ0) is 16.4. The van der Waals surface area contributed by atoms with E-state index in [9.17, 15) is 0 Å². The number of rotatable bonds is 6. The molecule has 1 aliphatic rings. The Hall–Kier alpha value is -1.76. The molecule has 23 heavy (non-hydrogen) atoms. The summed E-state index contributed by atoms with van der Waals surface area (Å²) >= 11 is 1.68. The van der Waals surface area contributed by atoms with Crippen molar-refractivity contribution in [3.05, 3.63) is 23.5 Å². The van der Waals surface area contributed by atoms with Crippen molar-refractivity contribution in [1.29, 1.82) is 0 Å². The number of nitrogens with zero attached hydrogens (tertiary/aromatic N) is 5. The second-order valence-corrected chi connectivity index (χ2v) is 7.13. The van der Waals surface area contributed by atoms with Crippen LogP contribution in [0.25, 0.3) is 0 Å². The van der Waals surface area contributed by atoms with Gasteiger partial charge in [-0.1, -0.05) is 25.1 Å². The molecule has 3 rings (SSSR count). The van der Waals surface area contributed by atoms with E-state index in [2.05, 4.69) is 44.6 Å². The summed E-state index contributed by atoms with van der Waals surface area (Å²) in [5, 5.41) is 5.35. The molecule has 1 fully saturated rings. The number of hydrogen-bond donors (Lipinski definition) is 1. The van der Waals surface area contributed by atoms with Crippen LogP contribution < -0.4 is 10.6 Å². The lowest BCUT2D eigenvalue weighted by molar-refractivity contribution is 0.358. The molecule has 7 heteroatoms. The van der Waals surface area contributed by atoms with Crippen LogP contribution in [0, 0.1) is 13.8 Å². The average Bonchev–Trinajstić information content (AvgIpc) is 2.76. The summed E-state index contributed by atoms with van der Waals surface area (Å²) in [6, 6.07) is 4.39. The number of anilines is 2. The molecule has 0 amide bonds. The third kappa shape index (κ3) is 3.60. The smallest absolute Gasteiger partial charge is 0.191 e. The third-order valence-electron chi connectivity index (χ3n) is 4.02. The van der Waals surface area contributed by atoms with Gasteiger partial charge in [-0.05, 0) is 26.3 Å². The summed E-state index contributed by atoms with van der Waals surface area (Å²) in [4.78, 5) is 11.2. The van der Waals surface area contributed by atoms with E-state index in [0.29, 0.717) is 11.9 Å². The third-order valence-corrected chi connectivity index (χ3v) is 4.95. The van der Waals surface area contributed by atoms with E-state index < -0.39 is 0 Å². The van der Waals surface area contributed by atoms with Gasteiger partial charge in [-0.2, -0.15) is 5.10 Å². The van der Waals surface area contributed by atoms with Crippen molar-refractivity contribution in [3.8, 4) is 0 Å². The van der Waals surface area contributed by atoms with Gasteiger partial charge in [-0.25, -0.2) is 9.97 Å². The molecule has 2 N–H and O–H groups in total. The molecule has 3 heterocycles. The van der Waals surface area contributed by atoms with E-state index in [1.54, 1.807) is 11.8 Å². The number of aromatic nitrogens is 4. The van der Waals surface area contributed by atoms with Gasteiger partial charge >= 0.3 is 0 Å². The molecule has 1 saturated heterocycles. The lowest BCUT2D eigenvalue weighted by Crippen LogP contribution is -2.48. The van der Waals surface area contributed by atoms with Gasteiger partial charge in [0, 0.05) is 30.6 Å².